The summed E-state index contributed by atoms with van der Waals surface area (Å²) in [7, 11) is 0. The average molecular weight is 237 g/mol. The van der Waals surface area contributed by atoms with Gasteiger partial charge in [0.15, 0.2) is 0 Å². The second-order valence-corrected chi connectivity index (χ2v) is 4.01. The van der Waals surface area contributed by atoms with Crippen molar-refractivity contribution in [2.45, 2.75) is 6.92 Å². The molecular formula is C14H11N3O. The van der Waals surface area contributed by atoms with Crippen LogP contribution in [0.3, 0.4) is 0 Å². The SMILES string of the molecule is Cc1ccc(-c2nnc(-c3ccncc3)o2)cc1. The van der Waals surface area contributed by atoms with Crippen LogP contribution in [0.25, 0.3) is 22.9 Å². The topological polar surface area (TPSA) is 51.8 Å². The molecule has 0 aliphatic carbocycles. The van der Waals surface area contributed by atoms with Crippen LogP contribution in [-0.4, -0.2) is 15.2 Å². The van der Waals surface area contributed by atoms with E-state index in [4.69, 9.17) is 4.42 Å². The van der Waals surface area contributed by atoms with Gasteiger partial charge in [-0.2, -0.15) is 0 Å². The molecule has 0 aliphatic rings. The molecule has 0 saturated heterocycles. The molecule has 0 N–H and O–H groups in total. The second-order valence-electron chi connectivity index (χ2n) is 4.01. The van der Waals surface area contributed by atoms with Gasteiger partial charge in [-0.05, 0) is 31.2 Å². The van der Waals surface area contributed by atoms with Crippen molar-refractivity contribution >= 4 is 0 Å². The highest BCUT2D eigenvalue weighted by molar-refractivity contribution is 5.57. The van der Waals surface area contributed by atoms with Gasteiger partial charge in [0, 0.05) is 23.5 Å². The Hall–Kier alpha value is -2.49. The molecule has 0 spiro atoms. The van der Waals surface area contributed by atoms with Crippen LogP contribution in [0.4, 0.5) is 0 Å². The van der Waals surface area contributed by atoms with Crippen molar-refractivity contribution in [2.24, 2.45) is 0 Å². The minimum atomic E-state index is 0.507. The van der Waals surface area contributed by atoms with Crippen LogP contribution in [0.5, 0.6) is 0 Å². The van der Waals surface area contributed by atoms with Crippen molar-refractivity contribution in [1.82, 2.24) is 15.2 Å². The standard InChI is InChI=1S/C14H11N3O/c1-10-2-4-11(5-3-10)13-16-17-14(18-13)12-6-8-15-9-7-12/h2-9H,1H3. The summed E-state index contributed by atoms with van der Waals surface area (Å²) in [4.78, 5) is 3.96. The molecule has 4 nitrogen and oxygen atoms in total. The molecular weight excluding hydrogens is 226 g/mol. The molecule has 0 saturated carbocycles. The van der Waals surface area contributed by atoms with Gasteiger partial charge >= 0.3 is 0 Å². The number of nitrogens with zero attached hydrogens (tertiary/aromatic N) is 3. The minimum absolute atomic E-state index is 0.507. The monoisotopic (exact) mass is 237 g/mol. The Kier molecular flexibility index (Phi) is 2.61. The van der Waals surface area contributed by atoms with Crippen molar-refractivity contribution in [3.8, 4) is 22.9 Å². The summed E-state index contributed by atoms with van der Waals surface area (Å²) in [5.41, 5.74) is 3.00. The van der Waals surface area contributed by atoms with E-state index in [9.17, 15) is 0 Å². The Labute approximate surface area is 104 Å². The fourth-order valence-electron chi connectivity index (χ4n) is 1.65. The molecule has 0 amide bonds. The number of aromatic nitrogens is 3. The molecule has 0 unspecified atom stereocenters. The Morgan fingerprint density at radius 2 is 1.33 bits per heavy atom. The molecule has 2 heterocycles. The lowest BCUT2D eigenvalue weighted by atomic mass is 10.1. The van der Waals surface area contributed by atoms with E-state index in [-0.39, 0.29) is 0 Å². The maximum Gasteiger partial charge on any atom is 0.248 e. The van der Waals surface area contributed by atoms with Crippen molar-refractivity contribution < 1.29 is 4.42 Å². The molecule has 0 fully saturated rings. The number of rotatable bonds is 2. The van der Waals surface area contributed by atoms with Crippen molar-refractivity contribution in [3.63, 3.8) is 0 Å². The quantitative estimate of drug-likeness (QED) is 0.687. The summed E-state index contributed by atoms with van der Waals surface area (Å²) in [5, 5.41) is 8.10. The lowest BCUT2D eigenvalue weighted by Gasteiger charge is -1.95. The Bertz CT molecular complexity index is 644. The van der Waals surface area contributed by atoms with E-state index < -0.39 is 0 Å². The van der Waals surface area contributed by atoms with Crippen LogP contribution in [0.1, 0.15) is 5.56 Å². The fraction of sp³-hybridized carbons (Fsp3) is 0.0714. The lowest BCUT2D eigenvalue weighted by Crippen LogP contribution is -1.78. The van der Waals surface area contributed by atoms with E-state index in [1.54, 1.807) is 12.4 Å². The summed E-state index contributed by atoms with van der Waals surface area (Å²) in [5.74, 6) is 1.04. The first-order chi connectivity index (χ1) is 8.83. The van der Waals surface area contributed by atoms with E-state index in [0.717, 1.165) is 11.1 Å². The van der Waals surface area contributed by atoms with Crippen molar-refractivity contribution in [2.75, 3.05) is 0 Å². The molecule has 18 heavy (non-hydrogen) atoms. The first kappa shape index (κ1) is 10.7. The number of pyridine rings is 1. The smallest absolute Gasteiger partial charge is 0.248 e. The van der Waals surface area contributed by atoms with Gasteiger partial charge < -0.3 is 4.42 Å². The van der Waals surface area contributed by atoms with E-state index in [2.05, 4.69) is 15.2 Å². The number of benzene rings is 1. The Morgan fingerprint density at radius 3 is 1.94 bits per heavy atom. The zero-order valence-corrected chi connectivity index (χ0v) is 9.87. The summed E-state index contributed by atoms with van der Waals surface area (Å²) in [6.07, 6.45) is 3.40. The van der Waals surface area contributed by atoms with Crippen LogP contribution in [0.2, 0.25) is 0 Å². The largest absolute Gasteiger partial charge is 0.416 e. The van der Waals surface area contributed by atoms with Gasteiger partial charge in [-0.3, -0.25) is 4.98 Å². The van der Waals surface area contributed by atoms with Gasteiger partial charge in [-0.1, -0.05) is 17.7 Å². The molecule has 88 valence electrons. The molecule has 2 aromatic heterocycles. The zero-order valence-electron chi connectivity index (χ0n) is 9.87. The predicted molar refractivity (Wildman–Crippen MR) is 67.7 cm³/mol. The summed E-state index contributed by atoms with van der Waals surface area (Å²) < 4.78 is 5.65. The summed E-state index contributed by atoms with van der Waals surface area (Å²) in [6, 6.07) is 11.7. The normalized spacial score (nSPS) is 10.5. The zero-order chi connectivity index (χ0) is 12.4. The number of hydrogen-bond donors (Lipinski definition) is 0. The highest BCUT2D eigenvalue weighted by Gasteiger charge is 2.09. The summed E-state index contributed by atoms with van der Waals surface area (Å²) >= 11 is 0. The van der Waals surface area contributed by atoms with E-state index in [0.29, 0.717) is 11.8 Å². The molecule has 0 radical (unpaired) electrons. The molecule has 0 aliphatic heterocycles. The van der Waals surface area contributed by atoms with Crippen LogP contribution >= 0.6 is 0 Å². The number of aryl methyl sites for hydroxylation is 1. The average Bonchev–Trinajstić information content (AvgIpc) is 2.90. The third-order valence-corrected chi connectivity index (χ3v) is 2.65. The van der Waals surface area contributed by atoms with Crippen molar-refractivity contribution in [1.29, 1.82) is 0 Å². The lowest BCUT2D eigenvalue weighted by molar-refractivity contribution is 0.584. The predicted octanol–water partition coefficient (Wildman–Crippen LogP) is 3.11. The number of hydrogen-bond acceptors (Lipinski definition) is 4. The maximum atomic E-state index is 5.65. The Balaban J connectivity index is 1.97. The second kappa shape index (κ2) is 4.41. The highest BCUT2D eigenvalue weighted by Crippen LogP contribution is 2.23. The molecule has 0 bridgehead atoms. The Morgan fingerprint density at radius 1 is 0.778 bits per heavy atom. The molecule has 3 aromatic rings. The van der Waals surface area contributed by atoms with Gasteiger partial charge in [0.25, 0.3) is 0 Å². The third kappa shape index (κ3) is 2.00. The van der Waals surface area contributed by atoms with Crippen LogP contribution in [0, 0.1) is 6.92 Å². The fourth-order valence-corrected chi connectivity index (χ4v) is 1.65. The van der Waals surface area contributed by atoms with E-state index >= 15 is 0 Å². The first-order valence-corrected chi connectivity index (χ1v) is 5.64. The third-order valence-electron chi connectivity index (χ3n) is 2.65. The van der Waals surface area contributed by atoms with Gasteiger partial charge in [-0.25, -0.2) is 0 Å². The molecule has 1 aromatic carbocycles. The summed E-state index contributed by atoms with van der Waals surface area (Å²) in [6.45, 7) is 2.04. The van der Waals surface area contributed by atoms with Crippen molar-refractivity contribution in [3.05, 3.63) is 54.4 Å². The van der Waals surface area contributed by atoms with E-state index in [1.807, 2.05) is 43.3 Å². The molecule has 3 rings (SSSR count). The molecule has 4 heteroatoms. The molecule has 0 atom stereocenters. The van der Waals surface area contributed by atoms with Gasteiger partial charge in [-0.15, -0.1) is 10.2 Å². The highest BCUT2D eigenvalue weighted by atomic mass is 16.4. The van der Waals surface area contributed by atoms with Gasteiger partial charge in [0.1, 0.15) is 0 Å². The van der Waals surface area contributed by atoms with Gasteiger partial charge in [0.2, 0.25) is 11.8 Å². The van der Waals surface area contributed by atoms with Crippen LogP contribution in [0.15, 0.2) is 53.2 Å². The van der Waals surface area contributed by atoms with Crippen LogP contribution in [-0.2, 0) is 0 Å². The maximum absolute atomic E-state index is 5.65. The minimum Gasteiger partial charge on any atom is -0.416 e. The van der Waals surface area contributed by atoms with Crippen LogP contribution < -0.4 is 0 Å². The van der Waals surface area contributed by atoms with E-state index in [1.165, 1.54) is 5.56 Å². The van der Waals surface area contributed by atoms with Gasteiger partial charge in [0.05, 0.1) is 0 Å². The first-order valence-electron chi connectivity index (χ1n) is 5.64.